The van der Waals surface area contributed by atoms with Gasteiger partial charge in [0.15, 0.2) is 0 Å². The van der Waals surface area contributed by atoms with Crippen molar-refractivity contribution in [2.24, 2.45) is 11.7 Å². The first-order chi connectivity index (χ1) is 9.56. The normalized spacial score (nSPS) is 15.9. The number of benzene rings is 1. The Morgan fingerprint density at radius 2 is 2.15 bits per heavy atom. The molecule has 1 aromatic carbocycles. The quantitative estimate of drug-likeness (QED) is 0.581. The number of amidine groups is 1. The Labute approximate surface area is 119 Å². The zero-order valence-corrected chi connectivity index (χ0v) is 11.9. The van der Waals surface area contributed by atoms with Crippen molar-refractivity contribution in [3.05, 3.63) is 35.4 Å². The highest BCUT2D eigenvalue weighted by Crippen LogP contribution is 2.15. The van der Waals surface area contributed by atoms with Gasteiger partial charge in [-0.15, -0.1) is 0 Å². The van der Waals surface area contributed by atoms with E-state index in [-0.39, 0.29) is 11.9 Å². The number of nitrogens with two attached hydrogens (primary N) is 1. The summed E-state index contributed by atoms with van der Waals surface area (Å²) in [5.41, 5.74) is 7.10. The number of urea groups is 1. The van der Waals surface area contributed by atoms with Crippen molar-refractivity contribution in [2.75, 3.05) is 13.1 Å². The molecule has 2 rings (SSSR count). The van der Waals surface area contributed by atoms with E-state index >= 15 is 0 Å². The molecular weight excluding hydrogens is 252 g/mol. The molecule has 0 bridgehead atoms. The van der Waals surface area contributed by atoms with Crippen molar-refractivity contribution < 1.29 is 4.79 Å². The van der Waals surface area contributed by atoms with Crippen LogP contribution in [-0.2, 0) is 6.54 Å². The maximum Gasteiger partial charge on any atom is 0.317 e. The van der Waals surface area contributed by atoms with Crippen molar-refractivity contribution in [1.29, 1.82) is 5.41 Å². The molecule has 0 unspecified atom stereocenters. The van der Waals surface area contributed by atoms with Gasteiger partial charge in [0.1, 0.15) is 5.84 Å². The molecule has 1 aliphatic rings. The summed E-state index contributed by atoms with van der Waals surface area (Å²) in [6.45, 7) is 4.36. The van der Waals surface area contributed by atoms with Crippen molar-refractivity contribution in [1.82, 2.24) is 10.2 Å². The van der Waals surface area contributed by atoms with E-state index in [0.29, 0.717) is 18.0 Å². The van der Waals surface area contributed by atoms with E-state index in [1.807, 2.05) is 23.1 Å². The van der Waals surface area contributed by atoms with Gasteiger partial charge >= 0.3 is 6.03 Å². The molecule has 108 valence electrons. The van der Waals surface area contributed by atoms with E-state index in [1.165, 1.54) is 0 Å². The minimum absolute atomic E-state index is 0.00914. The highest BCUT2D eigenvalue weighted by molar-refractivity contribution is 5.95. The van der Waals surface area contributed by atoms with Crippen molar-refractivity contribution in [2.45, 2.75) is 26.3 Å². The van der Waals surface area contributed by atoms with Gasteiger partial charge in [-0.2, -0.15) is 0 Å². The second kappa shape index (κ2) is 6.41. The summed E-state index contributed by atoms with van der Waals surface area (Å²) in [5.74, 6) is 0.759. The third-order valence-electron chi connectivity index (χ3n) is 3.75. The van der Waals surface area contributed by atoms with Crippen LogP contribution < -0.4 is 11.1 Å². The minimum Gasteiger partial charge on any atom is -0.384 e. The Bertz CT molecular complexity index is 492. The number of rotatable bonds is 3. The zero-order valence-electron chi connectivity index (χ0n) is 11.9. The van der Waals surface area contributed by atoms with Crippen LogP contribution in [0.25, 0.3) is 0 Å². The fourth-order valence-electron chi connectivity index (χ4n) is 2.35. The number of nitrogens with zero attached hydrogens (tertiary/aromatic N) is 1. The third-order valence-corrected chi connectivity index (χ3v) is 3.75. The number of amides is 2. The molecule has 1 aliphatic heterocycles. The molecule has 2 amide bonds. The first-order valence-electron chi connectivity index (χ1n) is 7.02. The van der Waals surface area contributed by atoms with Gasteiger partial charge in [0, 0.05) is 25.2 Å². The molecule has 1 aromatic rings. The minimum atomic E-state index is -0.00914. The van der Waals surface area contributed by atoms with Crippen LogP contribution in [0.2, 0.25) is 0 Å². The predicted molar refractivity (Wildman–Crippen MR) is 79.7 cm³/mol. The molecule has 0 saturated carbocycles. The Hall–Kier alpha value is -2.04. The first-order valence-corrected chi connectivity index (χ1v) is 7.02. The van der Waals surface area contributed by atoms with Crippen LogP contribution in [0, 0.1) is 11.3 Å². The second-order valence-electron chi connectivity index (χ2n) is 5.44. The second-order valence-corrected chi connectivity index (χ2v) is 5.44. The fraction of sp³-hybridized carbons (Fsp3) is 0.467. The number of carbonyl (C=O) groups excluding carboxylic acids is 1. The average Bonchev–Trinajstić information content (AvgIpc) is 2.46. The molecule has 0 aromatic heterocycles. The number of nitrogen functional groups attached to an aromatic ring is 1. The molecule has 0 radical (unpaired) electrons. The van der Waals surface area contributed by atoms with Crippen LogP contribution >= 0.6 is 0 Å². The molecule has 0 atom stereocenters. The number of hydrogen-bond acceptors (Lipinski definition) is 2. The lowest BCUT2D eigenvalue weighted by Crippen LogP contribution is -2.43. The molecule has 1 heterocycles. The van der Waals surface area contributed by atoms with Crippen LogP contribution in [0.1, 0.15) is 30.9 Å². The standard InChI is InChI=1S/C15H22N4O/c1-11-5-7-19(8-6-11)15(20)18-10-12-3-2-4-13(9-12)14(16)17/h2-4,9,11H,5-8,10H2,1H3,(H3,16,17)(H,18,20). The van der Waals surface area contributed by atoms with Gasteiger partial charge in [-0.3, -0.25) is 5.41 Å². The van der Waals surface area contributed by atoms with Crippen molar-refractivity contribution in [3.63, 3.8) is 0 Å². The molecular formula is C15H22N4O. The van der Waals surface area contributed by atoms with Crippen LogP contribution in [0.4, 0.5) is 4.79 Å². The maximum absolute atomic E-state index is 12.0. The van der Waals surface area contributed by atoms with Gasteiger partial charge in [0.2, 0.25) is 0 Å². The SMILES string of the molecule is CC1CCN(C(=O)NCc2cccc(C(=N)N)c2)CC1. The van der Waals surface area contributed by atoms with Gasteiger partial charge in [-0.25, -0.2) is 4.79 Å². The van der Waals surface area contributed by atoms with Gasteiger partial charge in [0.05, 0.1) is 0 Å². The largest absolute Gasteiger partial charge is 0.384 e. The van der Waals surface area contributed by atoms with Gasteiger partial charge in [-0.1, -0.05) is 25.1 Å². The van der Waals surface area contributed by atoms with Crippen LogP contribution in [0.15, 0.2) is 24.3 Å². The summed E-state index contributed by atoms with van der Waals surface area (Å²) in [6.07, 6.45) is 2.15. The number of likely N-dealkylation sites (tertiary alicyclic amines) is 1. The topological polar surface area (TPSA) is 82.2 Å². The molecule has 4 N–H and O–H groups in total. The summed E-state index contributed by atoms with van der Waals surface area (Å²) in [6, 6.07) is 7.39. The Morgan fingerprint density at radius 1 is 1.45 bits per heavy atom. The molecule has 5 nitrogen and oxygen atoms in total. The number of hydrogen-bond donors (Lipinski definition) is 3. The smallest absolute Gasteiger partial charge is 0.317 e. The van der Waals surface area contributed by atoms with E-state index in [0.717, 1.165) is 31.5 Å². The summed E-state index contributed by atoms with van der Waals surface area (Å²) in [7, 11) is 0. The molecule has 0 aliphatic carbocycles. The van der Waals surface area contributed by atoms with Gasteiger partial charge in [-0.05, 0) is 30.4 Å². The fourth-order valence-corrected chi connectivity index (χ4v) is 2.35. The Kier molecular flexibility index (Phi) is 4.61. The maximum atomic E-state index is 12.0. The number of piperidine rings is 1. The Morgan fingerprint density at radius 3 is 2.80 bits per heavy atom. The molecule has 1 saturated heterocycles. The van der Waals surface area contributed by atoms with E-state index < -0.39 is 0 Å². The van der Waals surface area contributed by atoms with Crippen molar-refractivity contribution in [3.8, 4) is 0 Å². The summed E-state index contributed by atoms with van der Waals surface area (Å²) in [5, 5.41) is 10.3. The van der Waals surface area contributed by atoms with Gasteiger partial charge in [0.25, 0.3) is 0 Å². The van der Waals surface area contributed by atoms with E-state index in [1.54, 1.807) is 6.07 Å². The third kappa shape index (κ3) is 3.73. The highest BCUT2D eigenvalue weighted by atomic mass is 16.2. The van der Waals surface area contributed by atoms with E-state index in [2.05, 4.69) is 12.2 Å². The van der Waals surface area contributed by atoms with Crippen LogP contribution in [0.3, 0.4) is 0 Å². The number of nitrogens with one attached hydrogen (secondary N) is 2. The lowest BCUT2D eigenvalue weighted by Gasteiger charge is -2.30. The lowest BCUT2D eigenvalue weighted by molar-refractivity contribution is 0.173. The summed E-state index contributed by atoms with van der Waals surface area (Å²) < 4.78 is 0. The Balaban J connectivity index is 1.87. The van der Waals surface area contributed by atoms with Crippen LogP contribution in [-0.4, -0.2) is 29.9 Å². The molecule has 1 fully saturated rings. The number of carbonyl (C=O) groups is 1. The average molecular weight is 274 g/mol. The summed E-state index contributed by atoms with van der Waals surface area (Å²) in [4.78, 5) is 13.9. The van der Waals surface area contributed by atoms with Gasteiger partial charge < -0.3 is 16.0 Å². The predicted octanol–water partition coefficient (Wildman–Crippen LogP) is 1.91. The van der Waals surface area contributed by atoms with E-state index in [4.69, 9.17) is 11.1 Å². The van der Waals surface area contributed by atoms with Crippen LogP contribution in [0.5, 0.6) is 0 Å². The lowest BCUT2D eigenvalue weighted by atomic mass is 10.00. The molecule has 0 spiro atoms. The van der Waals surface area contributed by atoms with Crippen molar-refractivity contribution >= 4 is 11.9 Å². The zero-order chi connectivity index (χ0) is 14.5. The molecule has 20 heavy (non-hydrogen) atoms. The summed E-state index contributed by atoms with van der Waals surface area (Å²) >= 11 is 0. The molecule has 5 heteroatoms. The van der Waals surface area contributed by atoms with E-state index in [9.17, 15) is 4.79 Å². The first kappa shape index (κ1) is 14.4. The monoisotopic (exact) mass is 274 g/mol. The highest BCUT2D eigenvalue weighted by Gasteiger charge is 2.19.